The molecule has 0 radical (unpaired) electrons. The average Bonchev–Trinajstić information content (AvgIpc) is 2.98. The number of hydrogen-bond donors (Lipinski definition) is 1. The number of aromatic nitrogens is 2. The minimum atomic E-state index is -4.30. The van der Waals surface area contributed by atoms with Gasteiger partial charge in [-0.15, -0.1) is 0 Å². The van der Waals surface area contributed by atoms with Gasteiger partial charge in [0.1, 0.15) is 11.6 Å². The lowest BCUT2D eigenvalue weighted by atomic mass is 10.2. The van der Waals surface area contributed by atoms with Crippen LogP contribution in [0.3, 0.4) is 0 Å². The molecule has 0 bridgehead atoms. The van der Waals surface area contributed by atoms with Crippen molar-refractivity contribution in [2.45, 2.75) is 19.5 Å². The van der Waals surface area contributed by atoms with Crippen molar-refractivity contribution in [3.05, 3.63) is 63.9 Å². The Kier molecular flexibility index (Phi) is 6.28. The zero-order chi connectivity index (χ0) is 22.1. The number of alkyl halides is 3. The lowest BCUT2D eigenvalue weighted by molar-refractivity contribution is -0.139. The summed E-state index contributed by atoms with van der Waals surface area (Å²) in [6.07, 6.45) is -5.36. The number of imidazole rings is 1. The topological polar surface area (TPSA) is 64.3 Å². The second kappa shape index (κ2) is 8.57. The zero-order valence-corrected chi connectivity index (χ0v) is 17.0. The largest absolute Gasteiger partial charge is 0.493 e. The third kappa shape index (κ3) is 4.88. The van der Waals surface area contributed by atoms with E-state index in [0.717, 1.165) is 0 Å². The highest BCUT2D eigenvalue weighted by molar-refractivity contribution is 6.36. The summed E-state index contributed by atoms with van der Waals surface area (Å²) in [6.45, 7) is 1.10. The molecule has 5 nitrogen and oxygen atoms in total. The van der Waals surface area contributed by atoms with Crippen molar-refractivity contribution in [3.8, 4) is 22.8 Å². The molecule has 0 aliphatic heterocycles. The molecule has 0 aliphatic carbocycles. The van der Waals surface area contributed by atoms with E-state index in [1.165, 1.54) is 18.2 Å². The first-order valence-corrected chi connectivity index (χ1v) is 9.40. The molecule has 3 rings (SSSR count). The van der Waals surface area contributed by atoms with E-state index in [9.17, 15) is 23.1 Å². The van der Waals surface area contributed by atoms with Gasteiger partial charge in [-0.2, -0.15) is 13.2 Å². The Labute approximate surface area is 179 Å². The molecule has 10 heteroatoms. The number of benzene rings is 2. The van der Waals surface area contributed by atoms with Gasteiger partial charge in [-0.05, 0) is 49.4 Å². The van der Waals surface area contributed by atoms with E-state index in [1.807, 2.05) is 0 Å². The van der Waals surface area contributed by atoms with Crippen LogP contribution in [0, 0.1) is 6.92 Å². The number of ether oxygens (including phenoxy) is 1. The van der Waals surface area contributed by atoms with Gasteiger partial charge < -0.3 is 9.84 Å². The van der Waals surface area contributed by atoms with Gasteiger partial charge in [-0.3, -0.25) is 4.57 Å². The van der Waals surface area contributed by atoms with Gasteiger partial charge in [0.05, 0.1) is 23.7 Å². The minimum absolute atomic E-state index is 0.151. The van der Waals surface area contributed by atoms with E-state index in [4.69, 9.17) is 27.9 Å². The molecule has 1 aromatic heterocycles. The first kappa shape index (κ1) is 22.0. The maximum Gasteiger partial charge on any atom is 0.392 e. The zero-order valence-electron chi connectivity index (χ0n) is 15.5. The van der Waals surface area contributed by atoms with Crippen molar-refractivity contribution in [1.29, 1.82) is 0 Å². The second-order valence-corrected chi connectivity index (χ2v) is 7.19. The van der Waals surface area contributed by atoms with Crippen LogP contribution in [0.4, 0.5) is 13.2 Å². The maximum atomic E-state index is 12.3. The van der Waals surface area contributed by atoms with Crippen LogP contribution in [0.2, 0.25) is 10.0 Å². The molecule has 1 heterocycles. The summed E-state index contributed by atoms with van der Waals surface area (Å²) < 4.78 is 43.5. The number of carboxylic acids is 1. The Morgan fingerprint density at radius 1 is 1.17 bits per heavy atom. The van der Waals surface area contributed by atoms with Crippen LogP contribution in [0.1, 0.15) is 22.6 Å². The fourth-order valence-electron chi connectivity index (χ4n) is 2.85. The van der Waals surface area contributed by atoms with E-state index < -0.39 is 25.2 Å². The summed E-state index contributed by atoms with van der Waals surface area (Å²) in [5.74, 6) is -0.660. The highest BCUT2D eigenvalue weighted by Crippen LogP contribution is 2.33. The molecule has 0 unspecified atom stereocenters. The van der Waals surface area contributed by atoms with Crippen molar-refractivity contribution in [1.82, 2.24) is 9.55 Å². The highest BCUT2D eigenvalue weighted by Gasteiger charge is 2.27. The Bertz CT molecular complexity index is 1080. The van der Waals surface area contributed by atoms with Gasteiger partial charge in [-0.1, -0.05) is 23.2 Å². The van der Waals surface area contributed by atoms with Crippen molar-refractivity contribution >= 4 is 29.2 Å². The lowest BCUT2D eigenvalue weighted by Gasteiger charge is -2.13. The van der Waals surface area contributed by atoms with Crippen LogP contribution in [0.5, 0.6) is 5.75 Å². The second-order valence-electron chi connectivity index (χ2n) is 6.34. The monoisotopic (exact) mass is 458 g/mol. The Hall–Kier alpha value is -2.71. The maximum absolute atomic E-state index is 12.3. The predicted molar refractivity (Wildman–Crippen MR) is 107 cm³/mol. The van der Waals surface area contributed by atoms with E-state index in [2.05, 4.69) is 4.98 Å². The minimum Gasteiger partial charge on any atom is -0.493 e. The van der Waals surface area contributed by atoms with E-state index in [-0.39, 0.29) is 22.3 Å². The van der Waals surface area contributed by atoms with Crippen molar-refractivity contribution in [2.75, 3.05) is 6.61 Å². The average molecular weight is 459 g/mol. The summed E-state index contributed by atoms with van der Waals surface area (Å²) in [6, 6.07) is 10.9. The molecule has 3 aromatic rings. The van der Waals surface area contributed by atoms with E-state index in [1.54, 1.807) is 35.8 Å². The molecule has 30 heavy (non-hydrogen) atoms. The number of halogens is 5. The quantitative estimate of drug-likeness (QED) is 0.478. The van der Waals surface area contributed by atoms with Gasteiger partial charge in [0.25, 0.3) is 0 Å². The standard InChI is InChI=1S/C20H15Cl2F3N2O3/c1-11-17(19(28)29)26-18(15-7-2-12(21)10-16(15)22)27(11)13-3-5-14(6-4-13)30-9-8-20(23,24)25/h2-7,10H,8-9H2,1H3,(H,28,29). The summed E-state index contributed by atoms with van der Waals surface area (Å²) in [4.78, 5) is 15.8. The van der Waals surface area contributed by atoms with Crippen molar-refractivity contribution < 1.29 is 27.8 Å². The van der Waals surface area contributed by atoms with Crippen LogP contribution in [-0.2, 0) is 0 Å². The third-order valence-corrected chi connectivity index (χ3v) is 4.78. The molecular weight excluding hydrogens is 444 g/mol. The first-order valence-electron chi connectivity index (χ1n) is 8.65. The molecular formula is C20H15Cl2F3N2O3. The summed E-state index contributed by atoms with van der Waals surface area (Å²) in [5, 5.41) is 10.2. The SMILES string of the molecule is Cc1c(C(=O)O)nc(-c2ccc(Cl)cc2Cl)n1-c1ccc(OCCC(F)(F)F)cc1. The van der Waals surface area contributed by atoms with Crippen LogP contribution in [0.15, 0.2) is 42.5 Å². The number of carbonyl (C=O) groups is 1. The van der Waals surface area contributed by atoms with E-state index >= 15 is 0 Å². The summed E-state index contributed by atoms with van der Waals surface area (Å²) in [7, 11) is 0. The fourth-order valence-corrected chi connectivity index (χ4v) is 3.34. The normalized spacial score (nSPS) is 11.5. The van der Waals surface area contributed by atoms with Crippen molar-refractivity contribution in [2.24, 2.45) is 0 Å². The van der Waals surface area contributed by atoms with Gasteiger partial charge in [0, 0.05) is 16.3 Å². The number of carboxylic acid groups (broad SMARTS) is 1. The van der Waals surface area contributed by atoms with Gasteiger partial charge in [-0.25, -0.2) is 9.78 Å². The van der Waals surface area contributed by atoms with Crippen LogP contribution in [-0.4, -0.2) is 33.4 Å². The number of hydrogen-bond acceptors (Lipinski definition) is 3. The summed E-state index contributed by atoms with van der Waals surface area (Å²) in [5.41, 5.74) is 1.22. The molecule has 0 saturated carbocycles. The van der Waals surface area contributed by atoms with Gasteiger partial charge in [0.15, 0.2) is 5.69 Å². The molecule has 2 aromatic carbocycles. The van der Waals surface area contributed by atoms with Crippen LogP contribution >= 0.6 is 23.2 Å². The Morgan fingerprint density at radius 3 is 2.40 bits per heavy atom. The third-order valence-electron chi connectivity index (χ3n) is 4.23. The smallest absolute Gasteiger partial charge is 0.392 e. The van der Waals surface area contributed by atoms with Gasteiger partial charge >= 0.3 is 12.1 Å². The lowest BCUT2D eigenvalue weighted by Crippen LogP contribution is -2.13. The number of aromatic carboxylic acids is 1. The van der Waals surface area contributed by atoms with E-state index in [0.29, 0.717) is 22.0 Å². The molecule has 0 aliphatic rings. The number of nitrogens with zero attached hydrogens (tertiary/aromatic N) is 2. The van der Waals surface area contributed by atoms with Crippen molar-refractivity contribution in [3.63, 3.8) is 0 Å². The highest BCUT2D eigenvalue weighted by atomic mass is 35.5. The Morgan fingerprint density at radius 2 is 1.83 bits per heavy atom. The molecule has 158 valence electrons. The molecule has 0 amide bonds. The Balaban J connectivity index is 1.99. The van der Waals surface area contributed by atoms with Crippen LogP contribution in [0.25, 0.3) is 17.1 Å². The molecule has 0 saturated heterocycles. The van der Waals surface area contributed by atoms with Crippen LogP contribution < -0.4 is 4.74 Å². The fraction of sp³-hybridized carbons (Fsp3) is 0.200. The predicted octanol–water partition coefficient (Wildman–Crippen LogP) is 6.18. The molecule has 0 atom stereocenters. The number of rotatable bonds is 6. The molecule has 0 spiro atoms. The summed E-state index contributed by atoms with van der Waals surface area (Å²) >= 11 is 12.2. The molecule has 1 N–H and O–H groups in total. The first-order chi connectivity index (χ1) is 14.1. The van der Waals surface area contributed by atoms with Gasteiger partial charge in [0.2, 0.25) is 0 Å². The molecule has 0 fully saturated rings.